The van der Waals surface area contributed by atoms with Crippen molar-refractivity contribution in [2.24, 2.45) is 5.92 Å². The van der Waals surface area contributed by atoms with Crippen LogP contribution in [0.15, 0.2) is 22.7 Å². The Bertz CT molecular complexity index is 806. The molecule has 0 unspecified atom stereocenters. The largest absolute Gasteiger partial charge is 0.489 e. The maximum absolute atomic E-state index is 11.0. The molecule has 1 amide bonds. The molecule has 1 aliphatic heterocycles. The lowest BCUT2D eigenvalue weighted by Gasteiger charge is -2.29. The van der Waals surface area contributed by atoms with E-state index in [1.165, 1.54) is 4.90 Å². The minimum atomic E-state index is -0.862. The second kappa shape index (κ2) is 8.26. The Kier molecular flexibility index (Phi) is 5.57. The first-order valence-electron chi connectivity index (χ1n) is 9.94. The van der Waals surface area contributed by atoms with Crippen LogP contribution >= 0.6 is 0 Å². The number of ether oxygens (including phenoxy) is 2. The monoisotopic (exact) mass is 390 g/mol. The van der Waals surface area contributed by atoms with E-state index in [-0.39, 0.29) is 18.1 Å². The first-order chi connectivity index (χ1) is 13.6. The van der Waals surface area contributed by atoms with Gasteiger partial charge in [-0.1, -0.05) is 6.07 Å². The van der Waals surface area contributed by atoms with Crippen molar-refractivity contribution in [3.8, 4) is 11.6 Å². The van der Waals surface area contributed by atoms with Gasteiger partial charge in [0.2, 0.25) is 0 Å². The molecule has 1 saturated heterocycles. The number of rotatable bonds is 5. The van der Waals surface area contributed by atoms with Crippen LogP contribution in [0.2, 0.25) is 0 Å². The second-order valence-corrected chi connectivity index (χ2v) is 7.69. The van der Waals surface area contributed by atoms with Gasteiger partial charge in [-0.15, -0.1) is 0 Å². The van der Waals surface area contributed by atoms with Gasteiger partial charge in [-0.3, -0.25) is 0 Å². The number of hydrogen-bond donors (Lipinski definition) is 2. The highest BCUT2D eigenvalue weighted by atomic mass is 16.5. The third-order valence-corrected chi connectivity index (χ3v) is 5.71. The number of aliphatic hydroxyl groups excluding tert-OH is 1. The summed E-state index contributed by atoms with van der Waals surface area (Å²) in [5, 5.41) is 23.5. The Labute approximate surface area is 163 Å². The Morgan fingerprint density at radius 1 is 1.18 bits per heavy atom. The molecule has 0 spiro atoms. The van der Waals surface area contributed by atoms with Crippen molar-refractivity contribution < 1.29 is 29.0 Å². The maximum Gasteiger partial charge on any atom is 0.407 e. The van der Waals surface area contributed by atoms with Crippen molar-refractivity contribution in [3.05, 3.63) is 18.2 Å². The number of amides is 1. The second-order valence-electron chi connectivity index (χ2n) is 7.69. The van der Waals surface area contributed by atoms with E-state index in [9.17, 15) is 9.90 Å². The highest BCUT2D eigenvalue weighted by Crippen LogP contribution is 2.36. The van der Waals surface area contributed by atoms with Gasteiger partial charge < -0.3 is 29.1 Å². The third kappa shape index (κ3) is 4.16. The SMILES string of the molecule is O=C(O)N1CCC(COc2noc3cccc(O[C@H]4CC[C@H](O)CC4)c23)CC1. The highest BCUT2D eigenvalue weighted by Gasteiger charge is 2.25. The van der Waals surface area contributed by atoms with Crippen LogP contribution in [-0.4, -0.2) is 58.3 Å². The normalized spacial score (nSPS) is 23.7. The van der Waals surface area contributed by atoms with Crippen molar-refractivity contribution in [2.75, 3.05) is 19.7 Å². The summed E-state index contributed by atoms with van der Waals surface area (Å²) < 4.78 is 17.5. The van der Waals surface area contributed by atoms with Crippen LogP contribution < -0.4 is 9.47 Å². The van der Waals surface area contributed by atoms with Gasteiger partial charge in [-0.2, -0.15) is 0 Å². The van der Waals surface area contributed by atoms with Crippen LogP contribution in [0.25, 0.3) is 11.0 Å². The Hall–Kier alpha value is -2.48. The lowest BCUT2D eigenvalue weighted by Crippen LogP contribution is -2.38. The van der Waals surface area contributed by atoms with Gasteiger partial charge in [0.25, 0.3) is 5.88 Å². The third-order valence-electron chi connectivity index (χ3n) is 5.71. The molecule has 2 N–H and O–H groups in total. The van der Waals surface area contributed by atoms with Crippen molar-refractivity contribution in [2.45, 2.75) is 50.7 Å². The quantitative estimate of drug-likeness (QED) is 0.807. The predicted octanol–water partition coefficient (Wildman–Crippen LogP) is 3.28. The average molecular weight is 390 g/mol. The summed E-state index contributed by atoms with van der Waals surface area (Å²) in [5.41, 5.74) is 0.615. The number of carbonyl (C=O) groups is 1. The Balaban J connectivity index is 1.41. The first-order valence-corrected chi connectivity index (χ1v) is 9.94. The number of likely N-dealkylation sites (tertiary alicyclic amines) is 1. The van der Waals surface area contributed by atoms with Gasteiger partial charge in [0.1, 0.15) is 11.1 Å². The zero-order valence-electron chi connectivity index (χ0n) is 15.7. The van der Waals surface area contributed by atoms with E-state index in [2.05, 4.69) is 5.16 Å². The van der Waals surface area contributed by atoms with Crippen LogP contribution in [-0.2, 0) is 0 Å². The van der Waals surface area contributed by atoms with Crippen molar-refractivity contribution in [1.82, 2.24) is 10.1 Å². The summed E-state index contributed by atoms with van der Waals surface area (Å²) >= 11 is 0. The van der Waals surface area contributed by atoms with E-state index < -0.39 is 6.09 Å². The number of piperidine rings is 1. The number of aromatic nitrogens is 1. The molecule has 28 heavy (non-hydrogen) atoms. The summed E-state index contributed by atoms with van der Waals surface area (Å²) in [4.78, 5) is 12.5. The molecule has 8 heteroatoms. The smallest absolute Gasteiger partial charge is 0.407 e. The van der Waals surface area contributed by atoms with E-state index in [0.717, 1.165) is 43.9 Å². The lowest BCUT2D eigenvalue weighted by molar-refractivity contribution is 0.0672. The lowest BCUT2D eigenvalue weighted by atomic mass is 9.95. The molecule has 0 bridgehead atoms. The zero-order valence-corrected chi connectivity index (χ0v) is 15.7. The average Bonchev–Trinajstić information content (AvgIpc) is 3.13. The molecule has 1 saturated carbocycles. The van der Waals surface area contributed by atoms with E-state index in [1.54, 1.807) is 0 Å². The van der Waals surface area contributed by atoms with Gasteiger partial charge >= 0.3 is 6.09 Å². The van der Waals surface area contributed by atoms with Gasteiger partial charge in [0, 0.05) is 13.1 Å². The van der Waals surface area contributed by atoms with E-state index in [0.29, 0.717) is 36.9 Å². The standard InChI is InChI=1S/C20H26N2O6/c23-14-4-6-15(7-5-14)27-16-2-1-3-17-18(16)19(21-28-17)26-12-13-8-10-22(11-9-13)20(24)25/h1-3,13-15,23H,4-12H2,(H,24,25)/t14-,15-. The number of aliphatic hydroxyl groups is 1. The number of benzene rings is 1. The molecule has 1 aliphatic carbocycles. The Morgan fingerprint density at radius 2 is 1.93 bits per heavy atom. The summed E-state index contributed by atoms with van der Waals surface area (Å²) in [7, 11) is 0. The van der Waals surface area contributed by atoms with Gasteiger partial charge in [0.05, 0.1) is 18.8 Å². The highest BCUT2D eigenvalue weighted by molar-refractivity contribution is 5.88. The molecule has 1 aromatic carbocycles. The molecule has 4 rings (SSSR count). The predicted molar refractivity (Wildman–Crippen MR) is 101 cm³/mol. The number of fused-ring (bicyclic) bond motifs is 1. The summed E-state index contributed by atoms with van der Waals surface area (Å²) in [6, 6.07) is 5.59. The van der Waals surface area contributed by atoms with Crippen molar-refractivity contribution in [3.63, 3.8) is 0 Å². The number of nitrogens with zero attached hydrogens (tertiary/aromatic N) is 2. The molecule has 1 aromatic heterocycles. The van der Waals surface area contributed by atoms with Crippen molar-refractivity contribution >= 4 is 17.1 Å². The van der Waals surface area contributed by atoms with Crippen LogP contribution in [0.5, 0.6) is 11.6 Å². The molecule has 2 fully saturated rings. The van der Waals surface area contributed by atoms with Crippen molar-refractivity contribution in [1.29, 1.82) is 0 Å². The van der Waals surface area contributed by atoms with E-state index in [1.807, 2.05) is 18.2 Å². The van der Waals surface area contributed by atoms with Crippen LogP contribution in [0.3, 0.4) is 0 Å². The fourth-order valence-corrected chi connectivity index (χ4v) is 3.96. The van der Waals surface area contributed by atoms with Gasteiger partial charge in [-0.25, -0.2) is 4.79 Å². The number of hydrogen-bond acceptors (Lipinski definition) is 6. The molecule has 0 atom stereocenters. The molecule has 8 nitrogen and oxygen atoms in total. The van der Waals surface area contributed by atoms with E-state index in [4.69, 9.17) is 19.1 Å². The first kappa shape index (κ1) is 18.9. The number of carboxylic acid groups (broad SMARTS) is 1. The molecule has 152 valence electrons. The topological polar surface area (TPSA) is 105 Å². The van der Waals surface area contributed by atoms with Gasteiger partial charge in [-0.05, 0) is 61.7 Å². The van der Waals surface area contributed by atoms with E-state index >= 15 is 0 Å². The molecule has 2 heterocycles. The summed E-state index contributed by atoms with van der Waals surface area (Å²) in [6.07, 6.45) is 3.67. The molecule has 0 radical (unpaired) electrons. The van der Waals surface area contributed by atoms with Gasteiger partial charge in [0.15, 0.2) is 5.58 Å². The fraction of sp³-hybridized carbons (Fsp3) is 0.600. The summed E-state index contributed by atoms with van der Waals surface area (Å²) in [5.74, 6) is 1.40. The minimum Gasteiger partial charge on any atom is -0.489 e. The molecule has 2 aliphatic rings. The van der Waals surface area contributed by atoms with Crippen LogP contribution in [0, 0.1) is 5.92 Å². The minimum absolute atomic E-state index is 0.0668. The maximum atomic E-state index is 11.0. The zero-order chi connectivity index (χ0) is 19.5. The fourth-order valence-electron chi connectivity index (χ4n) is 3.96. The molecular formula is C20H26N2O6. The molecular weight excluding hydrogens is 364 g/mol. The Morgan fingerprint density at radius 3 is 2.64 bits per heavy atom. The van der Waals surface area contributed by atoms with Crippen LogP contribution in [0.1, 0.15) is 38.5 Å². The summed E-state index contributed by atoms with van der Waals surface area (Å²) in [6.45, 7) is 1.54. The molecule has 2 aromatic rings. The van der Waals surface area contributed by atoms with Crippen LogP contribution in [0.4, 0.5) is 4.79 Å².